The van der Waals surface area contributed by atoms with Crippen molar-refractivity contribution in [3.8, 4) is 0 Å². The van der Waals surface area contributed by atoms with E-state index < -0.39 is 0 Å². The van der Waals surface area contributed by atoms with E-state index in [2.05, 4.69) is 64.3 Å². The fourth-order valence-corrected chi connectivity index (χ4v) is 4.54. The molecular weight excluding hydrogens is 374 g/mol. The van der Waals surface area contributed by atoms with Crippen LogP contribution < -0.4 is 9.80 Å². The van der Waals surface area contributed by atoms with Crippen LogP contribution in [0.3, 0.4) is 0 Å². The first-order valence-corrected chi connectivity index (χ1v) is 10.9. The number of aryl methyl sites for hydroxylation is 2. The molecule has 0 aliphatic carbocycles. The molecule has 0 aliphatic heterocycles. The molecule has 0 aliphatic rings. The van der Waals surface area contributed by atoms with Crippen molar-refractivity contribution in [3.05, 3.63) is 53.6 Å². The number of carbonyl (C=O) groups excluding carboxylic acids is 1. The molecule has 3 rings (SSSR count). The van der Waals surface area contributed by atoms with E-state index in [0.29, 0.717) is 12.3 Å². The van der Waals surface area contributed by atoms with Crippen LogP contribution in [0.25, 0.3) is 10.2 Å². The Morgan fingerprint density at radius 3 is 2.52 bits per heavy atom. The Hall–Kier alpha value is -1.89. The number of nitrogens with one attached hydrogen (secondary N) is 1. The number of carbonyl (C=O) groups is 1. The lowest BCUT2D eigenvalue weighted by molar-refractivity contribution is -0.856. The molecule has 0 radical (unpaired) electrons. The van der Waals surface area contributed by atoms with Gasteiger partial charge in [-0.2, -0.15) is 0 Å². The fourth-order valence-electron chi connectivity index (χ4n) is 2.66. The van der Waals surface area contributed by atoms with Gasteiger partial charge in [0.05, 0.1) is 43.2 Å². The number of hydrogen-bond donors (Lipinski definition) is 1. The molecule has 0 fully saturated rings. The molecule has 3 aromatic rings. The highest BCUT2D eigenvalue weighted by atomic mass is 32.2. The first-order valence-electron chi connectivity index (χ1n) is 9.08. The maximum Gasteiger partial charge on any atom is 0.239 e. The highest BCUT2D eigenvalue weighted by Crippen LogP contribution is 2.30. The van der Waals surface area contributed by atoms with Crippen molar-refractivity contribution in [2.24, 2.45) is 0 Å². The van der Waals surface area contributed by atoms with Gasteiger partial charge in [0.15, 0.2) is 5.13 Å². The predicted molar refractivity (Wildman–Crippen MR) is 116 cm³/mol. The minimum Gasteiger partial charge on any atom is -0.338 e. The largest absolute Gasteiger partial charge is 0.338 e. The Bertz CT molecular complexity index is 919. The predicted octanol–water partition coefficient (Wildman–Crippen LogP) is 3.18. The summed E-state index contributed by atoms with van der Waals surface area (Å²) in [6.07, 6.45) is 0. The van der Waals surface area contributed by atoms with Gasteiger partial charge in [0.25, 0.3) is 0 Å². The number of fused-ring (bicyclic) bond motifs is 1. The van der Waals surface area contributed by atoms with Crippen LogP contribution in [0.15, 0.2) is 47.4 Å². The lowest BCUT2D eigenvalue weighted by Crippen LogP contribution is -3.06. The Kier molecular flexibility index (Phi) is 6.52. The van der Waals surface area contributed by atoms with E-state index in [9.17, 15) is 4.79 Å². The van der Waals surface area contributed by atoms with Crippen LogP contribution in [0.1, 0.15) is 11.1 Å². The second-order valence-electron chi connectivity index (χ2n) is 7.07. The molecule has 1 aromatic heterocycles. The Morgan fingerprint density at radius 2 is 1.81 bits per heavy atom. The molecule has 0 bridgehead atoms. The summed E-state index contributed by atoms with van der Waals surface area (Å²) in [7, 11) is 4.21. The molecule has 1 amide bonds. The molecular formula is C21H26N3OS2+. The molecule has 2 aromatic carbocycles. The molecule has 0 spiro atoms. The summed E-state index contributed by atoms with van der Waals surface area (Å²) in [5, 5.41) is 0.798. The van der Waals surface area contributed by atoms with E-state index in [1.54, 1.807) is 23.1 Å². The molecule has 0 saturated heterocycles. The number of hydrogen-bond acceptors (Lipinski definition) is 4. The Labute approximate surface area is 169 Å². The highest BCUT2D eigenvalue weighted by Gasteiger charge is 2.21. The third-order valence-electron chi connectivity index (χ3n) is 4.28. The second kappa shape index (κ2) is 8.87. The number of benzene rings is 2. The number of nitrogens with zero attached hydrogens (tertiary/aromatic N) is 2. The average Bonchev–Trinajstić information content (AvgIpc) is 3.03. The Balaban J connectivity index is 1.78. The van der Waals surface area contributed by atoms with E-state index in [4.69, 9.17) is 4.98 Å². The van der Waals surface area contributed by atoms with E-state index in [0.717, 1.165) is 26.8 Å². The quantitative estimate of drug-likeness (QED) is 0.619. The van der Waals surface area contributed by atoms with Crippen molar-refractivity contribution in [2.75, 3.05) is 37.8 Å². The summed E-state index contributed by atoms with van der Waals surface area (Å²) >= 11 is 3.18. The van der Waals surface area contributed by atoms with Gasteiger partial charge >= 0.3 is 0 Å². The van der Waals surface area contributed by atoms with Gasteiger partial charge in [-0.05, 0) is 43.7 Å². The van der Waals surface area contributed by atoms with Gasteiger partial charge in [0.2, 0.25) is 5.91 Å². The van der Waals surface area contributed by atoms with Gasteiger partial charge in [-0.15, -0.1) is 11.8 Å². The van der Waals surface area contributed by atoms with Crippen LogP contribution in [0, 0.1) is 13.8 Å². The first kappa shape index (κ1) is 19.9. The monoisotopic (exact) mass is 400 g/mol. The van der Waals surface area contributed by atoms with Gasteiger partial charge < -0.3 is 4.90 Å². The van der Waals surface area contributed by atoms with Gasteiger partial charge in [0, 0.05) is 4.90 Å². The summed E-state index contributed by atoms with van der Waals surface area (Å²) in [5.74, 6) is 0.526. The van der Waals surface area contributed by atoms with Crippen molar-refractivity contribution in [3.63, 3.8) is 0 Å². The highest BCUT2D eigenvalue weighted by molar-refractivity contribution is 8.00. The van der Waals surface area contributed by atoms with E-state index in [1.165, 1.54) is 16.0 Å². The third-order valence-corrected chi connectivity index (χ3v) is 6.32. The number of thiazole rings is 1. The van der Waals surface area contributed by atoms with Crippen molar-refractivity contribution in [1.82, 2.24) is 4.98 Å². The maximum absolute atomic E-state index is 13.0. The van der Waals surface area contributed by atoms with Gasteiger partial charge in [-0.3, -0.25) is 9.69 Å². The number of aromatic nitrogens is 1. The van der Waals surface area contributed by atoms with E-state index >= 15 is 0 Å². The summed E-state index contributed by atoms with van der Waals surface area (Å²) in [4.78, 5) is 22.0. The molecule has 142 valence electrons. The van der Waals surface area contributed by atoms with Crippen LogP contribution in [0.4, 0.5) is 5.13 Å². The minimum absolute atomic E-state index is 0.109. The molecule has 6 heteroatoms. The smallest absolute Gasteiger partial charge is 0.239 e. The summed E-state index contributed by atoms with van der Waals surface area (Å²) < 4.78 is 1.13. The summed E-state index contributed by atoms with van der Waals surface area (Å²) in [6.45, 7) is 5.71. The normalized spacial score (nSPS) is 11.3. The standard InChI is InChI=1S/C21H25N3OS2/c1-15-5-8-17(9-6-15)26-14-20(25)24(12-11-23(3)4)21-22-18-10-7-16(2)13-19(18)27-21/h5-10,13H,11-12,14H2,1-4H3/p+1. The van der Waals surface area contributed by atoms with Crippen LogP contribution in [-0.4, -0.2) is 43.8 Å². The zero-order valence-corrected chi connectivity index (χ0v) is 17.9. The number of likely N-dealkylation sites (N-methyl/N-ethyl adjacent to an activating group) is 1. The molecule has 1 N–H and O–H groups in total. The molecule has 0 atom stereocenters. The zero-order chi connectivity index (χ0) is 19.4. The summed E-state index contributed by atoms with van der Waals surface area (Å²) in [5.41, 5.74) is 3.40. The number of rotatable bonds is 7. The lowest BCUT2D eigenvalue weighted by Gasteiger charge is -2.20. The van der Waals surface area contributed by atoms with Gasteiger partial charge in [-0.25, -0.2) is 4.98 Å². The topological polar surface area (TPSA) is 37.6 Å². The molecule has 0 saturated carbocycles. The molecule has 27 heavy (non-hydrogen) atoms. The van der Waals surface area contributed by atoms with Crippen molar-refractivity contribution < 1.29 is 9.69 Å². The number of amides is 1. The third kappa shape index (κ3) is 5.31. The van der Waals surface area contributed by atoms with Crippen LogP contribution in [0.5, 0.6) is 0 Å². The maximum atomic E-state index is 13.0. The van der Waals surface area contributed by atoms with Gasteiger partial charge in [0.1, 0.15) is 0 Å². The zero-order valence-electron chi connectivity index (χ0n) is 16.3. The van der Waals surface area contributed by atoms with Crippen molar-refractivity contribution >= 4 is 44.4 Å². The fraction of sp³-hybridized carbons (Fsp3) is 0.333. The van der Waals surface area contributed by atoms with Crippen molar-refractivity contribution in [2.45, 2.75) is 18.7 Å². The SMILES string of the molecule is Cc1ccc(SCC(=O)N(CC[NH+](C)C)c2nc3ccc(C)cc3s2)cc1. The Morgan fingerprint density at radius 1 is 1.11 bits per heavy atom. The average molecular weight is 401 g/mol. The number of thioether (sulfide) groups is 1. The van der Waals surface area contributed by atoms with E-state index in [-0.39, 0.29) is 5.91 Å². The van der Waals surface area contributed by atoms with Crippen LogP contribution >= 0.6 is 23.1 Å². The molecule has 1 heterocycles. The minimum atomic E-state index is 0.109. The first-order chi connectivity index (χ1) is 12.9. The van der Waals surface area contributed by atoms with Crippen molar-refractivity contribution in [1.29, 1.82) is 0 Å². The van der Waals surface area contributed by atoms with E-state index in [1.807, 2.05) is 11.0 Å². The van der Waals surface area contributed by atoms with Crippen LogP contribution in [0.2, 0.25) is 0 Å². The molecule has 0 unspecified atom stereocenters. The number of anilines is 1. The van der Waals surface area contributed by atoms with Gasteiger partial charge in [-0.1, -0.05) is 35.1 Å². The molecule has 4 nitrogen and oxygen atoms in total. The second-order valence-corrected chi connectivity index (χ2v) is 9.13. The summed E-state index contributed by atoms with van der Waals surface area (Å²) in [6, 6.07) is 14.5. The number of quaternary nitrogens is 1. The van der Waals surface area contributed by atoms with Crippen LogP contribution in [-0.2, 0) is 4.79 Å². The lowest BCUT2D eigenvalue weighted by atomic mass is 10.2.